The topological polar surface area (TPSA) is 83.1 Å². The Kier molecular flexibility index (Phi) is 4.33. The summed E-state index contributed by atoms with van der Waals surface area (Å²) in [5.74, 6) is 1.08. The number of fused-ring (bicyclic) bond motifs is 1. The van der Waals surface area contributed by atoms with Crippen LogP contribution >= 0.6 is 0 Å². The van der Waals surface area contributed by atoms with Gasteiger partial charge in [-0.3, -0.25) is 13.8 Å². The third kappa shape index (κ3) is 3.24. The molecule has 2 aromatic rings. The molecule has 116 valence electrons. The molecule has 2 heterocycles. The van der Waals surface area contributed by atoms with Gasteiger partial charge in [-0.15, -0.1) is 0 Å². The standard InChI is InChI=1S/C15H17N3O3S/c19-14(18-7-9-22(21)10-8-18)6-5-13-15(20)17-12-4-2-1-3-11(12)16-13/h1-4H,5-10H2,(H,17,20). The van der Waals surface area contributed by atoms with Crippen LogP contribution in [0.5, 0.6) is 0 Å². The van der Waals surface area contributed by atoms with Crippen molar-refractivity contribution < 1.29 is 9.00 Å². The summed E-state index contributed by atoms with van der Waals surface area (Å²) in [5, 5.41) is 0. The number of hydrogen-bond acceptors (Lipinski definition) is 4. The normalized spacial score (nSPS) is 16.1. The minimum absolute atomic E-state index is 0.00828. The zero-order valence-corrected chi connectivity index (χ0v) is 12.9. The molecule has 0 unspecified atom stereocenters. The molecule has 7 heteroatoms. The van der Waals surface area contributed by atoms with Crippen LogP contribution in [0.25, 0.3) is 11.0 Å². The lowest BCUT2D eigenvalue weighted by atomic mass is 10.2. The Hall–Kier alpha value is -2.02. The third-order valence-electron chi connectivity index (χ3n) is 3.78. The minimum atomic E-state index is -0.798. The Morgan fingerprint density at radius 2 is 2.00 bits per heavy atom. The van der Waals surface area contributed by atoms with Crippen molar-refractivity contribution in [2.75, 3.05) is 24.6 Å². The number of aromatic amines is 1. The van der Waals surface area contributed by atoms with Crippen molar-refractivity contribution in [2.45, 2.75) is 12.8 Å². The second-order valence-electron chi connectivity index (χ2n) is 5.26. The molecule has 1 aromatic heterocycles. The van der Waals surface area contributed by atoms with E-state index in [1.165, 1.54) is 0 Å². The fourth-order valence-electron chi connectivity index (χ4n) is 2.51. The van der Waals surface area contributed by atoms with Gasteiger partial charge in [0.1, 0.15) is 5.69 Å². The van der Waals surface area contributed by atoms with Crippen LogP contribution in [0.2, 0.25) is 0 Å². The smallest absolute Gasteiger partial charge is 0.270 e. The Balaban J connectivity index is 1.68. The zero-order chi connectivity index (χ0) is 15.5. The van der Waals surface area contributed by atoms with Gasteiger partial charge in [0.25, 0.3) is 5.56 Å². The third-order valence-corrected chi connectivity index (χ3v) is 5.05. The molecule has 0 bridgehead atoms. The Labute approximate surface area is 130 Å². The molecule has 1 N–H and O–H groups in total. The molecule has 1 saturated heterocycles. The summed E-state index contributed by atoms with van der Waals surface area (Å²) in [6.07, 6.45) is 0.569. The number of benzene rings is 1. The Morgan fingerprint density at radius 1 is 1.27 bits per heavy atom. The average Bonchev–Trinajstić information content (AvgIpc) is 2.53. The van der Waals surface area contributed by atoms with Crippen LogP contribution in [-0.2, 0) is 22.0 Å². The molecular weight excluding hydrogens is 302 g/mol. The van der Waals surface area contributed by atoms with E-state index < -0.39 is 10.8 Å². The molecule has 0 spiro atoms. The lowest BCUT2D eigenvalue weighted by molar-refractivity contribution is -0.130. The first-order chi connectivity index (χ1) is 10.6. The molecule has 22 heavy (non-hydrogen) atoms. The van der Waals surface area contributed by atoms with Crippen molar-refractivity contribution >= 4 is 27.7 Å². The van der Waals surface area contributed by atoms with Gasteiger partial charge in [0.2, 0.25) is 5.91 Å². The monoisotopic (exact) mass is 319 g/mol. The summed E-state index contributed by atoms with van der Waals surface area (Å²) < 4.78 is 11.3. The van der Waals surface area contributed by atoms with Crippen LogP contribution in [0.3, 0.4) is 0 Å². The van der Waals surface area contributed by atoms with Crippen molar-refractivity contribution in [3.63, 3.8) is 0 Å². The maximum atomic E-state index is 12.1. The SMILES string of the molecule is O=C(CCc1nc2ccccc2[nH]c1=O)N1CCS(=O)CC1. The number of amides is 1. The molecule has 3 rings (SSSR count). The first kappa shape index (κ1) is 14.9. The highest BCUT2D eigenvalue weighted by Gasteiger charge is 2.20. The zero-order valence-electron chi connectivity index (χ0n) is 12.1. The summed E-state index contributed by atoms with van der Waals surface area (Å²) in [7, 11) is -0.798. The van der Waals surface area contributed by atoms with Crippen LogP contribution in [0.1, 0.15) is 12.1 Å². The largest absolute Gasteiger partial charge is 0.341 e. The molecular formula is C15H17N3O3S. The van der Waals surface area contributed by atoms with Crippen LogP contribution in [0.4, 0.5) is 0 Å². The van der Waals surface area contributed by atoms with Gasteiger partial charge in [-0.25, -0.2) is 4.98 Å². The summed E-state index contributed by atoms with van der Waals surface area (Å²) in [6.45, 7) is 1.07. The second-order valence-corrected chi connectivity index (χ2v) is 6.95. The molecule has 1 fully saturated rings. The molecule has 6 nitrogen and oxygen atoms in total. The molecule has 0 radical (unpaired) electrons. The number of aromatic nitrogens is 2. The van der Waals surface area contributed by atoms with Crippen molar-refractivity contribution in [3.05, 3.63) is 40.3 Å². The summed E-state index contributed by atoms with van der Waals surface area (Å²) in [4.78, 5) is 33.0. The Bertz CT molecular complexity index is 777. The predicted octanol–water partition coefficient (Wildman–Crippen LogP) is 0.447. The number of nitrogens with one attached hydrogen (secondary N) is 1. The Morgan fingerprint density at radius 3 is 2.77 bits per heavy atom. The molecule has 0 aliphatic carbocycles. The van der Waals surface area contributed by atoms with Gasteiger partial charge in [0.15, 0.2) is 0 Å². The first-order valence-corrected chi connectivity index (χ1v) is 8.73. The molecule has 1 aliphatic heterocycles. The first-order valence-electron chi connectivity index (χ1n) is 7.24. The fourth-order valence-corrected chi connectivity index (χ4v) is 3.56. The second kappa shape index (κ2) is 6.39. The number of rotatable bonds is 3. The van der Waals surface area contributed by atoms with Crippen molar-refractivity contribution in [2.24, 2.45) is 0 Å². The lowest BCUT2D eigenvalue weighted by Gasteiger charge is -2.26. The van der Waals surface area contributed by atoms with Gasteiger partial charge in [-0.1, -0.05) is 12.1 Å². The van der Waals surface area contributed by atoms with Crippen molar-refractivity contribution in [1.82, 2.24) is 14.9 Å². The van der Waals surface area contributed by atoms with Crippen LogP contribution in [0, 0.1) is 0 Å². The van der Waals surface area contributed by atoms with E-state index in [1.807, 2.05) is 18.2 Å². The van der Waals surface area contributed by atoms with Gasteiger partial charge in [0, 0.05) is 48.2 Å². The molecule has 0 atom stereocenters. The average molecular weight is 319 g/mol. The summed E-state index contributed by atoms with van der Waals surface area (Å²) >= 11 is 0. The molecule has 0 saturated carbocycles. The van der Waals surface area contributed by atoms with E-state index in [1.54, 1.807) is 11.0 Å². The van der Waals surface area contributed by atoms with Crippen LogP contribution in [0.15, 0.2) is 29.1 Å². The number of nitrogens with zero attached hydrogens (tertiary/aromatic N) is 2. The van der Waals surface area contributed by atoms with Crippen LogP contribution < -0.4 is 5.56 Å². The van der Waals surface area contributed by atoms with E-state index in [0.717, 1.165) is 5.52 Å². The van der Waals surface area contributed by atoms with Crippen molar-refractivity contribution in [3.8, 4) is 0 Å². The fraction of sp³-hybridized carbons (Fsp3) is 0.400. The maximum absolute atomic E-state index is 12.1. The number of para-hydroxylation sites is 2. The van der Waals surface area contributed by atoms with E-state index in [0.29, 0.717) is 42.2 Å². The molecule has 1 aliphatic rings. The van der Waals surface area contributed by atoms with Crippen LogP contribution in [-0.4, -0.2) is 49.6 Å². The quantitative estimate of drug-likeness (QED) is 0.890. The lowest BCUT2D eigenvalue weighted by Crippen LogP contribution is -2.42. The van der Waals surface area contributed by atoms with Gasteiger partial charge in [-0.05, 0) is 12.1 Å². The van der Waals surface area contributed by atoms with Gasteiger partial charge >= 0.3 is 0 Å². The molecule has 1 aromatic carbocycles. The number of hydrogen-bond donors (Lipinski definition) is 1. The predicted molar refractivity (Wildman–Crippen MR) is 85.1 cm³/mol. The highest BCUT2D eigenvalue weighted by Crippen LogP contribution is 2.08. The highest BCUT2D eigenvalue weighted by molar-refractivity contribution is 7.85. The minimum Gasteiger partial charge on any atom is -0.341 e. The van der Waals surface area contributed by atoms with E-state index >= 15 is 0 Å². The van der Waals surface area contributed by atoms with E-state index in [2.05, 4.69) is 9.97 Å². The molecule has 1 amide bonds. The van der Waals surface area contributed by atoms with Gasteiger partial charge in [0.05, 0.1) is 11.0 Å². The number of carbonyl (C=O) groups is 1. The number of carbonyl (C=O) groups excluding carboxylic acids is 1. The maximum Gasteiger partial charge on any atom is 0.270 e. The van der Waals surface area contributed by atoms with E-state index in [4.69, 9.17) is 0 Å². The van der Waals surface area contributed by atoms with Crippen molar-refractivity contribution in [1.29, 1.82) is 0 Å². The van der Waals surface area contributed by atoms with E-state index in [9.17, 15) is 13.8 Å². The number of H-pyrrole nitrogens is 1. The number of aryl methyl sites for hydroxylation is 1. The summed E-state index contributed by atoms with van der Waals surface area (Å²) in [6, 6.07) is 7.32. The van der Waals surface area contributed by atoms with Gasteiger partial charge < -0.3 is 9.88 Å². The van der Waals surface area contributed by atoms with E-state index in [-0.39, 0.29) is 17.9 Å². The highest BCUT2D eigenvalue weighted by atomic mass is 32.2. The van der Waals surface area contributed by atoms with Gasteiger partial charge in [-0.2, -0.15) is 0 Å². The summed E-state index contributed by atoms with van der Waals surface area (Å²) in [5.41, 5.74) is 1.55.